The van der Waals surface area contributed by atoms with E-state index in [0.717, 1.165) is 0 Å². The number of likely N-dealkylation sites (N-methyl/N-ethyl adjacent to an activating group) is 1. The van der Waals surface area contributed by atoms with E-state index in [-0.39, 0.29) is 18.5 Å². The van der Waals surface area contributed by atoms with Gasteiger partial charge in [0.2, 0.25) is 0 Å². The highest BCUT2D eigenvalue weighted by Crippen LogP contribution is 2.33. The van der Waals surface area contributed by atoms with Gasteiger partial charge in [-0.15, -0.1) is 0 Å². The lowest BCUT2D eigenvalue weighted by molar-refractivity contribution is -0.137. The molecule has 0 aliphatic heterocycles. The molecule has 2 unspecified atom stereocenters. The summed E-state index contributed by atoms with van der Waals surface area (Å²) in [5.41, 5.74) is 5.91. The van der Waals surface area contributed by atoms with Crippen molar-refractivity contribution in [3.8, 4) is 0 Å². The first kappa shape index (κ1) is 11.5. The maximum absolute atomic E-state index is 10.6. The maximum atomic E-state index is 10.6. The van der Waals surface area contributed by atoms with Crippen molar-refractivity contribution in [2.45, 2.75) is 37.8 Å². The molecule has 3 N–H and O–H groups in total. The molecule has 0 saturated heterocycles. The van der Waals surface area contributed by atoms with Gasteiger partial charge < -0.3 is 15.7 Å². The Bertz CT molecular complexity index is 202. The topological polar surface area (TPSA) is 66.6 Å². The quantitative estimate of drug-likeness (QED) is 0.679. The number of hydrogen-bond acceptors (Lipinski definition) is 3. The number of carbonyl (C=O) groups is 1. The molecule has 0 amide bonds. The number of hydrogen-bond donors (Lipinski definition) is 2. The summed E-state index contributed by atoms with van der Waals surface area (Å²) in [7, 11) is 3.95. The molecule has 2 atom stereocenters. The zero-order chi connectivity index (χ0) is 10.7. The predicted octanol–water partition coefficient (Wildman–Crippen LogP) is 0.519. The van der Waals surface area contributed by atoms with Crippen LogP contribution in [-0.2, 0) is 4.79 Å². The standard InChI is InChI=1S/C10H20N2O2/c1-12(2)10(7-4-3-5-7)8(11)6-9(13)14/h7-8,10H,3-6,11H2,1-2H3,(H,13,14). The maximum Gasteiger partial charge on any atom is 0.304 e. The van der Waals surface area contributed by atoms with E-state index in [1.807, 2.05) is 14.1 Å². The smallest absolute Gasteiger partial charge is 0.304 e. The largest absolute Gasteiger partial charge is 0.481 e. The molecular formula is C10H20N2O2. The Kier molecular flexibility index (Phi) is 3.89. The fourth-order valence-electron chi connectivity index (χ4n) is 2.26. The minimum absolute atomic E-state index is 0.0688. The minimum atomic E-state index is -0.802. The summed E-state index contributed by atoms with van der Waals surface area (Å²) < 4.78 is 0. The van der Waals surface area contributed by atoms with Crippen molar-refractivity contribution in [1.82, 2.24) is 4.90 Å². The lowest BCUT2D eigenvalue weighted by Crippen LogP contribution is -2.51. The molecule has 0 aromatic heterocycles. The highest BCUT2D eigenvalue weighted by Gasteiger charge is 2.33. The van der Waals surface area contributed by atoms with Crippen LogP contribution in [0.25, 0.3) is 0 Å². The Balaban J connectivity index is 2.52. The highest BCUT2D eigenvalue weighted by molar-refractivity contribution is 5.67. The minimum Gasteiger partial charge on any atom is -0.481 e. The van der Waals surface area contributed by atoms with Crippen LogP contribution in [0.5, 0.6) is 0 Å². The normalized spacial score (nSPS) is 21.7. The molecule has 4 heteroatoms. The number of carboxylic acids is 1. The van der Waals surface area contributed by atoms with Crippen molar-refractivity contribution in [3.63, 3.8) is 0 Å². The van der Waals surface area contributed by atoms with E-state index in [0.29, 0.717) is 5.92 Å². The molecule has 1 aliphatic carbocycles. The number of nitrogens with two attached hydrogens (primary N) is 1. The Morgan fingerprint density at radius 2 is 2.14 bits per heavy atom. The van der Waals surface area contributed by atoms with E-state index in [1.165, 1.54) is 19.3 Å². The van der Waals surface area contributed by atoms with Crippen LogP contribution in [0, 0.1) is 5.92 Å². The molecule has 82 valence electrons. The van der Waals surface area contributed by atoms with Gasteiger partial charge in [-0.3, -0.25) is 4.79 Å². The van der Waals surface area contributed by atoms with Crippen LogP contribution in [-0.4, -0.2) is 42.2 Å². The second kappa shape index (κ2) is 4.75. The van der Waals surface area contributed by atoms with Gasteiger partial charge in [-0.25, -0.2) is 0 Å². The first-order valence-electron chi connectivity index (χ1n) is 5.16. The van der Waals surface area contributed by atoms with Crippen LogP contribution in [0.3, 0.4) is 0 Å². The van der Waals surface area contributed by atoms with Crippen LogP contribution in [0.4, 0.5) is 0 Å². The molecule has 1 rings (SSSR count). The average Bonchev–Trinajstić information content (AvgIpc) is 1.93. The van der Waals surface area contributed by atoms with Crippen LogP contribution in [0.1, 0.15) is 25.7 Å². The molecule has 14 heavy (non-hydrogen) atoms. The van der Waals surface area contributed by atoms with Crippen LogP contribution >= 0.6 is 0 Å². The van der Waals surface area contributed by atoms with Crippen molar-refractivity contribution >= 4 is 5.97 Å². The van der Waals surface area contributed by atoms with Crippen LogP contribution < -0.4 is 5.73 Å². The Labute approximate surface area is 85.1 Å². The molecule has 1 aliphatic rings. The summed E-state index contributed by atoms with van der Waals surface area (Å²) in [6.45, 7) is 0. The summed E-state index contributed by atoms with van der Waals surface area (Å²) in [6.07, 6.45) is 3.71. The van der Waals surface area contributed by atoms with Crippen LogP contribution in [0.2, 0.25) is 0 Å². The van der Waals surface area contributed by atoms with Gasteiger partial charge in [-0.2, -0.15) is 0 Å². The first-order chi connectivity index (χ1) is 6.52. The molecule has 1 fully saturated rings. The van der Waals surface area contributed by atoms with Gasteiger partial charge in [0.1, 0.15) is 0 Å². The second-order valence-electron chi connectivity index (χ2n) is 4.41. The van der Waals surface area contributed by atoms with Gasteiger partial charge in [-0.1, -0.05) is 6.42 Å². The zero-order valence-corrected chi connectivity index (χ0v) is 8.94. The van der Waals surface area contributed by atoms with Crippen molar-refractivity contribution < 1.29 is 9.90 Å². The van der Waals surface area contributed by atoms with Crippen molar-refractivity contribution in [1.29, 1.82) is 0 Å². The number of nitrogens with zero attached hydrogens (tertiary/aromatic N) is 1. The SMILES string of the molecule is CN(C)C(C(N)CC(=O)O)C1CCC1. The van der Waals surface area contributed by atoms with Gasteiger partial charge in [0, 0.05) is 12.1 Å². The van der Waals surface area contributed by atoms with Crippen molar-refractivity contribution in [2.75, 3.05) is 14.1 Å². The van der Waals surface area contributed by atoms with Gasteiger partial charge >= 0.3 is 5.97 Å². The highest BCUT2D eigenvalue weighted by atomic mass is 16.4. The summed E-state index contributed by atoms with van der Waals surface area (Å²) in [5, 5.41) is 8.69. The van der Waals surface area contributed by atoms with E-state index >= 15 is 0 Å². The summed E-state index contributed by atoms with van der Waals surface area (Å²) >= 11 is 0. The van der Waals surface area contributed by atoms with E-state index in [9.17, 15) is 4.79 Å². The molecule has 0 aromatic carbocycles. The molecule has 0 aromatic rings. The lowest BCUT2D eigenvalue weighted by Gasteiger charge is -2.40. The number of aliphatic carboxylic acids is 1. The van der Waals surface area contributed by atoms with Gasteiger partial charge in [0.25, 0.3) is 0 Å². The van der Waals surface area contributed by atoms with E-state index in [1.54, 1.807) is 0 Å². The third-order valence-corrected chi connectivity index (χ3v) is 3.08. The lowest BCUT2D eigenvalue weighted by atomic mass is 9.76. The van der Waals surface area contributed by atoms with Crippen molar-refractivity contribution in [2.24, 2.45) is 11.7 Å². The van der Waals surface area contributed by atoms with Gasteiger partial charge in [-0.05, 0) is 32.9 Å². The molecule has 0 bridgehead atoms. The predicted molar refractivity (Wildman–Crippen MR) is 55.0 cm³/mol. The molecule has 1 saturated carbocycles. The third kappa shape index (κ3) is 2.69. The fourth-order valence-corrected chi connectivity index (χ4v) is 2.26. The van der Waals surface area contributed by atoms with Gasteiger partial charge in [0.05, 0.1) is 6.42 Å². The Morgan fingerprint density at radius 1 is 1.57 bits per heavy atom. The first-order valence-corrected chi connectivity index (χ1v) is 5.16. The van der Waals surface area contributed by atoms with Crippen molar-refractivity contribution in [3.05, 3.63) is 0 Å². The Morgan fingerprint density at radius 3 is 2.43 bits per heavy atom. The zero-order valence-electron chi connectivity index (χ0n) is 8.94. The monoisotopic (exact) mass is 200 g/mol. The molecule has 4 nitrogen and oxygen atoms in total. The molecule has 0 heterocycles. The summed E-state index contributed by atoms with van der Waals surface area (Å²) in [6, 6.07) is -0.0207. The number of carboxylic acid groups (broad SMARTS) is 1. The molecule has 0 spiro atoms. The Hall–Kier alpha value is -0.610. The second-order valence-corrected chi connectivity index (χ2v) is 4.41. The number of rotatable bonds is 5. The average molecular weight is 200 g/mol. The summed E-state index contributed by atoms with van der Waals surface area (Å²) in [5.74, 6) is -0.206. The van der Waals surface area contributed by atoms with E-state index in [2.05, 4.69) is 4.90 Å². The van der Waals surface area contributed by atoms with Crippen LogP contribution in [0.15, 0.2) is 0 Å². The molecular weight excluding hydrogens is 180 g/mol. The van der Waals surface area contributed by atoms with E-state index in [4.69, 9.17) is 10.8 Å². The molecule has 0 radical (unpaired) electrons. The fraction of sp³-hybridized carbons (Fsp3) is 0.900. The summed E-state index contributed by atoms with van der Waals surface area (Å²) in [4.78, 5) is 12.6. The third-order valence-electron chi connectivity index (χ3n) is 3.08. The van der Waals surface area contributed by atoms with E-state index < -0.39 is 5.97 Å². The van der Waals surface area contributed by atoms with Gasteiger partial charge in [0.15, 0.2) is 0 Å².